The van der Waals surface area contributed by atoms with E-state index in [9.17, 15) is 4.79 Å². The Labute approximate surface area is 106 Å². The third-order valence-electron chi connectivity index (χ3n) is 2.25. The second kappa shape index (κ2) is 6.47. The molecule has 17 heavy (non-hydrogen) atoms. The highest BCUT2D eigenvalue weighted by molar-refractivity contribution is 6.31. The predicted octanol–water partition coefficient (Wildman–Crippen LogP) is 1.92. The molecule has 0 saturated heterocycles. The van der Waals surface area contributed by atoms with E-state index >= 15 is 0 Å². The number of ether oxygens (including phenoxy) is 2. The summed E-state index contributed by atoms with van der Waals surface area (Å²) >= 11 is 5.89. The second-order valence-electron chi connectivity index (χ2n) is 3.76. The largest absolute Gasteiger partial charge is 0.492 e. The van der Waals surface area contributed by atoms with Gasteiger partial charge in [0.1, 0.15) is 12.4 Å². The first-order chi connectivity index (χ1) is 8.02. The first-order valence-corrected chi connectivity index (χ1v) is 5.62. The van der Waals surface area contributed by atoms with Gasteiger partial charge in [0.05, 0.1) is 13.5 Å². The topological polar surface area (TPSA) is 61.5 Å². The second-order valence-corrected chi connectivity index (χ2v) is 4.17. The fraction of sp³-hybridized carbons (Fsp3) is 0.417. The van der Waals surface area contributed by atoms with Crippen molar-refractivity contribution in [2.75, 3.05) is 13.7 Å². The standard InChI is InChI=1S/C12H16ClNO3/c1-8-5-10(3-4-11(8)13)17-7-9(14)6-12(15)16-2/h3-5,9H,6-7,14H2,1-2H3. The van der Waals surface area contributed by atoms with Crippen molar-refractivity contribution < 1.29 is 14.3 Å². The fourth-order valence-electron chi connectivity index (χ4n) is 1.27. The molecule has 1 unspecified atom stereocenters. The normalized spacial score (nSPS) is 12.0. The Balaban J connectivity index is 2.44. The summed E-state index contributed by atoms with van der Waals surface area (Å²) in [6.07, 6.45) is 0.142. The molecule has 0 amide bonds. The summed E-state index contributed by atoms with van der Waals surface area (Å²) in [5.74, 6) is 0.348. The number of carbonyl (C=O) groups excluding carboxylic acids is 1. The van der Waals surface area contributed by atoms with Crippen molar-refractivity contribution in [2.24, 2.45) is 5.73 Å². The highest BCUT2D eigenvalue weighted by atomic mass is 35.5. The average molecular weight is 258 g/mol. The Morgan fingerprint density at radius 3 is 2.82 bits per heavy atom. The van der Waals surface area contributed by atoms with E-state index in [0.717, 1.165) is 5.56 Å². The molecule has 0 fully saturated rings. The molecule has 0 aromatic heterocycles. The van der Waals surface area contributed by atoms with Gasteiger partial charge in [-0.15, -0.1) is 0 Å². The van der Waals surface area contributed by atoms with Gasteiger partial charge in [0.15, 0.2) is 0 Å². The van der Waals surface area contributed by atoms with Crippen LogP contribution in [-0.2, 0) is 9.53 Å². The summed E-state index contributed by atoms with van der Waals surface area (Å²) in [4.78, 5) is 11.0. The molecule has 0 saturated carbocycles. The SMILES string of the molecule is COC(=O)CC(N)COc1ccc(Cl)c(C)c1. The monoisotopic (exact) mass is 257 g/mol. The number of carbonyl (C=O) groups is 1. The molecule has 0 radical (unpaired) electrons. The number of benzene rings is 1. The van der Waals surface area contributed by atoms with Crippen LogP contribution in [0.25, 0.3) is 0 Å². The van der Waals surface area contributed by atoms with Gasteiger partial charge in [-0.1, -0.05) is 11.6 Å². The Morgan fingerprint density at radius 2 is 2.24 bits per heavy atom. The van der Waals surface area contributed by atoms with E-state index in [4.69, 9.17) is 22.1 Å². The lowest BCUT2D eigenvalue weighted by Gasteiger charge is -2.12. The first-order valence-electron chi connectivity index (χ1n) is 5.24. The number of aryl methyl sites for hydroxylation is 1. The van der Waals surface area contributed by atoms with Crippen molar-refractivity contribution in [2.45, 2.75) is 19.4 Å². The molecule has 94 valence electrons. The molecule has 0 bridgehead atoms. The van der Waals surface area contributed by atoms with Gasteiger partial charge in [0, 0.05) is 11.1 Å². The van der Waals surface area contributed by atoms with E-state index in [1.807, 2.05) is 13.0 Å². The zero-order valence-corrected chi connectivity index (χ0v) is 10.7. The minimum atomic E-state index is -0.376. The van der Waals surface area contributed by atoms with Crippen molar-refractivity contribution in [3.05, 3.63) is 28.8 Å². The zero-order valence-electron chi connectivity index (χ0n) is 9.90. The van der Waals surface area contributed by atoms with E-state index in [0.29, 0.717) is 10.8 Å². The smallest absolute Gasteiger partial charge is 0.307 e. The van der Waals surface area contributed by atoms with Gasteiger partial charge >= 0.3 is 5.97 Å². The Hall–Kier alpha value is -1.26. The van der Waals surface area contributed by atoms with E-state index in [1.165, 1.54) is 7.11 Å². The molecular weight excluding hydrogens is 242 g/mol. The highest BCUT2D eigenvalue weighted by Gasteiger charge is 2.10. The molecule has 1 rings (SSSR count). The molecule has 1 aromatic rings. The molecule has 1 aromatic carbocycles. The first kappa shape index (κ1) is 13.8. The number of esters is 1. The maximum Gasteiger partial charge on any atom is 0.307 e. The number of methoxy groups -OCH3 is 1. The highest BCUT2D eigenvalue weighted by Crippen LogP contribution is 2.21. The molecule has 0 spiro atoms. The van der Waals surface area contributed by atoms with Gasteiger partial charge in [0.2, 0.25) is 0 Å². The third-order valence-corrected chi connectivity index (χ3v) is 2.67. The number of halogens is 1. The Kier molecular flexibility index (Phi) is 5.25. The maximum atomic E-state index is 11.0. The molecule has 0 heterocycles. The lowest BCUT2D eigenvalue weighted by Crippen LogP contribution is -2.30. The van der Waals surface area contributed by atoms with Crippen LogP contribution in [0.15, 0.2) is 18.2 Å². The lowest BCUT2D eigenvalue weighted by molar-refractivity contribution is -0.141. The van der Waals surface area contributed by atoms with Crippen LogP contribution in [0, 0.1) is 6.92 Å². The van der Waals surface area contributed by atoms with Crippen LogP contribution in [0.4, 0.5) is 0 Å². The van der Waals surface area contributed by atoms with Gasteiger partial charge in [-0.2, -0.15) is 0 Å². The quantitative estimate of drug-likeness (QED) is 0.819. The average Bonchev–Trinajstić information content (AvgIpc) is 2.30. The molecular formula is C12H16ClNO3. The van der Waals surface area contributed by atoms with Crippen LogP contribution in [0.1, 0.15) is 12.0 Å². The van der Waals surface area contributed by atoms with Crippen LogP contribution < -0.4 is 10.5 Å². The number of hydrogen-bond acceptors (Lipinski definition) is 4. The summed E-state index contributed by atoms with van der Waals surface area (Å²) in [5.41, 5.74) is 6.65. The molecule has 0 aliphatic heterocycles. The lowest BCUT2D eigenvalue weighted by atomic mass is 10.2. The minimum absolute atomic E-state index is 0.142. The zero-order chi connectivity index (χ0) is 12.8. The molecule has 0 aliphatic carbocycles. The molecule has 0 aliphatic rings. The van der Waals surface area contributed by atoms with Crippen LogP contribution >= 0.6 is 11.6 Å². The molecule has 5 heteroatoms. The van der Waals surface area contributed by atoms with Crippen molar-refractivity contribution in [3.63, 3.8) is 0 Å². The Bertz CT molecular complexity index is 395. The van der Waals surface area contributed by atoms with Crippen LogP contribution in [0.2, 0.25) is 5.02 Å². The minimum Gasteiger partial charge on any atom is -0.492 e. The van der Waals surface area contributed by atoms with E-state index in [1.54, 1.807) is 12.1 Å². The molecule has 1 atom stereocenters. The third kappa shape index (κ3) is 4.63. The van der Waals surface area contributed by atoms with Crippen molar-refractivity contribution in [1.29, 1.82) is 0 Å². The van der Waals surface area contributed by atoms with Crippen LogP contribution in [-0.4, -0.2) is 25.7 Å². The van der Waals surface area contributed by atoms with E-state index in [-0.39, 0.29) is 25.0 Å². The fourth-order valence-corrected chi connectivity index (χ4v) is 1.38. The van der Waals surface area contributed by atoms with Gasteiger partial charge in [-0.3, -0.25) is 4.79 Å². The van der Waals surface area contributed by atoms with E-state index in [2.05, 4.69) is 4.74 Å². The van der Waals surface area contributed by atoms with Crippen molar-refractivity contribution in [3.8, 4) is 5.75 Å². The summed E-state index contributed by atoms with van der Waals surface area (Å²) < 4.78 is 9.97. The summed E-state index contributed by atoms with van der Waals surface area (Å²) in [7, 11) is 1.33. The van der Waals surface area contributed by atoms with Crippen LogP contribution in [0.5, 0.6) is 5.75 Å². The summed E-state index contributed by atoms with van der Waals surface area (Å²) in [6, 6.07) is 4.98. The van der Waals surface area contributed by atoms with Gasteiger partial charge < -0.3 is 15.2 Å². The number of nitrogens with two attached hydrogens (primary N) is 1. The Morgan fingerprint density at radius 1 is 1.53 bits per heavy atom. The van der Waals surface area contributed by atoms with Gasteiger partial charge in [-0.25, -0.2) is 0 Å². The molecule has 2 N–H and O–H groups in total. The number of rotatable bonds is 5. The van der Waals surface area contributed by atoms with Gasteiger partial charge in [0.25, 0.3) is 0 Å². The summed E-state index contributed by atoms with van der Waals surface area (Å²) in [5, 5.41) is 0.691. The summed E-state index contributed by atoms with van der Waals surface area (Å²) in [6.45, 7) is 2.15. The van der Waals surface area contributed by atoms with Crippen molar-refractivity contribution >= 4 is 17.6 Å². The van der Waals surface area contributed by atoms with Crippen molar-refractivity contribution in [1.82, 2.24) is 0 Å². The van der Waals surface area contributed by atoms with E-state index < -0.39 is 0 Å². The van der Waals surface area contributed by atoms with Crippen LogP contribution in [0.3, 0.4) is 0 Å². The van der Waals surface area contributed by atoms with Gasteiger partial charge in [-0.05, 0) is 30.7 Å². The maximum absolute atomic E-state index is 11.0. The predicted molar refractivity (Wildman–Crippen MR) is 66.3 cm³/mol. The number of hydrogen-bond donors (Lipinski definition) is 1. The molecule has 4 nitrogen and oxygen atoms in total.